The Morgan fingerprint density at radius 2 is 2.08 bits per heavy atom. The van der Waals surface area contributed by atoms with Crippen molar-refractivity contribution in [3.8, 4) is 11.1 Å². The number of rotatable bonds is 8. The fraction of sp³-hybridized carbons (Fsp3) is 0.316. The van der Waals surface area contributed by atoms with Gasteiger partial charge in [0.2, 0.25) is 0 Å². The fourth-order valence-electron chi connectivity index (χ4n) is 2.82. The van der Waals surface area contributed by atoms with Crippen molar-refractivity contribution in [1.82, 2.24) is 14.9 Å². The van der Waals surface area contributed by atoms with Crippen molar-refractivity contribution in [2.45, 2.75) is 13.0 Å². The van der Waals surface area contributed by atoms with Crippen LogP contribution in [0.2, 0.25) is 0 Å². The highest BCUT2D eigenvalue weighted by Gasteiger charge is 2.08. The van der Waals surface area contributed by atoms with Crippen LogP contribution in [0.25, 0.3) is 22.0 Å². The number of nitrogens with zero attached hydrogens (tertiary/aromatic N) is 2. The lowest BCUT2D eigenvalue weighted by Crippen LogP contribution is -2.26. The summed E-state index contributed by atoms with van der Waals surface area (Å²) >= 11 is 0. The molecule has 0 fully saturated rings. The standard InChI is InChI=1S/C19H21F2N3O/c1-24(9-10-25-19(20)21)8-6-16-13-23-18-5-4-14(11-17(16)18)15-3-2-7-22-12-15/h2-5,7,11-13,19,23H,6,8-10H2,1H3. The number of benzene rings is 1. The quantitative estimate of drug-likeness (QED) is 0.672. The lowest BCUT2D eigenvalue weighted by molar-refractivity contribution is -0.131. The Kier molecular flexibility index (Phi) is 5.73. The van der Waals surface area contributed by atoms with Crippen LogP contribution in [-0.4, -0.2) is 48.2 Å². The van der Waals surface area contributed by atoms with Gasteiger partial charge in [-0.3, -0.25) is 4.98 Å². The number of fused-ring (bicyclic) bond motifs is 1. The molecular formula is C19H21F2N3O. The van der Waals surface area contributed by atoms with E-state index in [1.54, 1.807) is 6.20 Å². The molecule has 0 amide bonds. The van der Waals surface area contributed by atoms with E-state index in [1.165, 1.54) is 10.9 Å². The molecule has 0 aliphatic rings. The van der Waals surface area contributed by atoms with Gasteiger partial charge in [0, 0.05) is 48.1 Å². The maximum Gasteiger partial charge on any atom is 0.345 e. The Balaban J connectivity index is 1.68. The molecule has 0 spiro atoms. The van der Waals surface area contributed by atoms with E-state index in [-0.39, 0.29) is 6.61 Å². The molecule has 3 aromatic rings. The molecule has 0 bridgehead atoms. The molecule has 0 aliphatic heterocycles. The number of aromatic nitrogens is 2. The molecule has 0 aliphatic carbocycles. The molecule has 1 aromatic carbocycles. The van der Waals surface area contributed by atoms with Gasteiger partial charge in [-0.2, -0.15) is 8.78 Å². The van der Waals surface area contributed by atoms with E-state index in [4.69, 9.17) is 0 Å². The van der Waals surface area contributed by atoms with Crippen LogP contribution in [0.3, 0.4) is 0 Å². The van der Waals surface area contributed by atoms with Crippen LogP contribution in [0.1, 0.15) is 5.56 Å². The van der Waals surface area contributed by atoms with E-state index in [0.29, 0.717) is 6.54 Å². The number of likely N-dealkylation sites (N-methyl/N-ethyl adjacent to an activating group) is 1. The van der Waals surface area contributed by atoms with Crippen LogP contribution in [0.15, 0.2) is 48.9 Å². The lowest BCUT2D eigenvalue weighted by Gasteiger charge is -2.16. The number of aromatic amines is 1. The molecule has 3 rings (SSSR count). The molecule has 2 aromatic heterocycles. The van der Waals surface area contributed by atoms with E-state index < -0.39 is 6.61 Å². The highest BCUT2D eigenvalue weighted by molar-refractivity contribution is 5.87. The van der Waals surface area contributed by atoms with Gasteiger partial charge >= 0.3 is 6.61 Å². The summed E-state index contributed by atoms with van der Waals surface area (Å²) in [5, 5.41) is 1.18. The van der Waals surface area contributed by atoms with Gasteiger partial charge in [0.05, 0.1) is 6.61 Å². The first-order valence-corrected chi connectivity index (χ1v) is 8.22. The Morgan fingerprint density at radius 1 is 1.20 bits per heavy atom. The first kappa shape index (κ1) is 17.5. The SMILES string of the molecule is CN(CCOC(F)F)CCc1c[nH]c2ccc(-c3cccnc3)cc12. The number of hydrogen-bond acceptors (Lipinski definition) is 3. The average Bonchev–Trinajstić information content (AvgIpc) is 3.02. The molecule has 4 nitrogen and oxygen atoms in total. The normalized spacial score (nSPS) is 11.7. The number of H-pyrrole nitrogens is 1. The smallest absolute Gasteiger partial charge is 0.345 e. The predicted octanol–water partition coefficient (Wildman–Crippen LogP) is 3.94. The van der Waals surface area contributed by atoms with Crippen LogP contribution >= 0.6 is 0 Å². The van der Waals surface area contributed by atoms with E-state index >= 15 is 0 Å². The zero-order valence-electron chi connectivity index (χ0n) is 14.1. The maximum atomic E-state index is 12.0. The topological polar surface area (TPSA) is 41.1 Å². The molecule has 2 heterocycles. The number of halogens is 2. The molecule has 25 heavy (non-hydrogen) atoms. The van der Waals surface area contributed by atoms with E-state index in [9.17, 15) is 8.78 Å². The minimum Gasteiger partial charge on any atom is -0.361 e. The summed E-state index contributed by atoms with van der Waals surface area (Å²) in [6, 6.07) is 10.3. The molecule has 132 valence electrons. The molecular weight excluding hydrogens is 324 g/mol. The van der Waals surface area contributed by atoms with Gasteiger partial charge in [0.15, 0.2) is 0 Å². The minimum absolute atomic E-state index is 0.0349. The van der Waals surface area contributed by atoms with Gasteiger partial charge in [-0.05, 0) is 42.8 Å². The van der Waals surface area contributed by atoms with Crippen molar-refractivity contribution < 1.29 is 13.5 Å². The predicted molar refractivity (Wildman–Crippen MR) is 94.7 cm³/mol. The number of nitrogens with one attached hydrogen (secondary N) is 1. The molecule has 0 unspecified atom stereocenters. The van der Waals surface area contributed by atoms with Crippen molar-refractivity contribution >= 4 is 10.9 Å². The Hall–Kier alpha value is -2.31. The highest BCUT2D eigenvalue weighted by atomic mass is 19.3. The maximum absolute atomic E-state index is 12.0. The second-order valence-corrected chi connectivity index (χ2v) is 6.00. The number of alkyl halides is 2. The molecule has 0 radical (unpaired) electrons. The van der Waals surface area contributed by atoms with Crippen molar-refractivity contribution in [2.24, 2.45) is 0 Å². The van der Waals surface area contributed by atoms with E-state index in [1.807, 2.05) is 36.5 Å². The van der Waals surface area contributed by atoms with Gasteiger partial charge in [0.1, 0.15) is 0 Å². The summed E-state index contributed by atoms with van der Waals surface area (Å²) < 4.78 is 28.3. The monoisotopic (exact) mass is 345 g/mol. The Bertz CT molecular complexity index is 805. The average molecular weight is 345 g/mol. The summed E-state index contributed by atoms with van der Waals surface area (Å²) in [6.07, 6.45) is 6.46. The summed E-state index contributed by atoms with van der Waals surface area (Å²) in [4.78, 5) is 9.45. The molecule has 0 saturated carbocycles. The summed E-state index contributed by atoms with van der Waals surface area (Å²) in [5.41, 5.74) is 4.51. The lowest BCUT2D eigenvalue weighted by atomic mass is 10.0. The van der Waals surface area contributed by atoms with E-state index in [2.05, 4.69) is 32.9 Å². The number of pyridine rings is 1. The van der Waals surface area contributed by atoms with Crippen molar-refractivity contribution in [3.05, 3.63) is 54.5 Å². The number of hydrogen-bond donors (Lipinski definition) is 1. The van der Waals surface area contributed by atoms with Crippen LogP contribution in [0, 0.1) is 0 Å². The molecule has 0 atom stereocenters. The largest absolute Gasteiger partial charge is 0.361 e. The third kappa shape index (κ3) is 4.61. The van der Waals surface area contributed by atoms with Gasteiger partial charge in [0.25, 0.3) is 0 Å². The summed E-state index contributed by atoms with van der Waals surface area (Å²) in [6.45, 7) is -1.41. The van der Waals surface area contributed by atoms with Gasteiger partial charge < -0.3 is 14.6 Å². The second kappa shape index (κ2) is 8.18. The Labute approximate surface area is 145 Å². The van der Waals surface area contributed by atoms with Crippen LogP contribution < -0.4 is 0 Å². The minimum atomic E-state index is -2.70. The van der Waals surface area contributed by atoms with Crippen LogP contribution in [-0.2, 0) is 11.2 Å². The van der Waals surface area contributed by atoms with E-state index in [0.717, 1.165) is 29.6 Å². The van der Waals surface area contributed by atoms with Crippen LogP contribution in [0.5, 0.6) is 0 Å². The zero-order valence-corrected chi connectivity index (χ0v) is 14.1. The fourth-order valence-corrected chi connectivity index (χ4v) is 2.82. The van der Waals surface area contributed by atoms with Gasteiger partial charge in [-0.25, -0.2) is 0 Å². The Morgan fingerprint density at radius 3 is 2.84 bits per heavy atom. The van der Waals surface area contributed by atoms with Crippen LogP contribution in [0.4, 0.5) is 8.78 Å². The number of ether oxygens (including phenoxy) is 1. The molecule has 1 N–H and O–H groups in total. The first-order valence-electron chi connectivity index (χ1n) is 8.22. The van der Waals surface area contributed by atoms with Gasteiger partial charge in [-0.1, -0.05) is 12.1 Å². The third-order valence-electron chi connectivity index (χ3n) is 4.24. The van der Waals surface area contributed by atoms with Crippen molar-refractivity contribution in [2.75, 3.05) is 26.7 Å². The zero-order chi connectivity index (χ0) is 17.6. The van der Waals surface area contributed by atoms with Crippen molar-refractivity contribution in [1.29, 1.82) is 0 Å². The molecule has 6 heteroatoms. The second-order valence-electron chi connectivity index (χ2n) is 6.00. The summed E-state index contributed by atoms with van der Waals surface area (Å²) in [5.74, 6) is 0. The van der Waals surface area contributed by atoms with Gasteiger partial charge in [-0.15, -0.1) is 0 Å². The van der Waals surface area contributed by atoms with Crippen molar-refractivity contribution in [3.63, 3.8) is 0 Å². The summed E-state index contributed by atoms with van der Waals surface area (Å²) in [7, 11) is 1.91. The molecule has 0 saturated heterocycles. The highest BCUT2D eigenvalue weighted by Crippen LogP contribution is 2.26. The first-order chi connectivity index (χ1) is 12.1. The third-order valence-corrected chi connectivity index (χ3v) is 4.24.